The topological polar surface area (TPSA) is 124 Å². The lowest BCUT2D eigenvalue weighted by atomic mass is 9.90. The van der Waals surface area contributed by atoms with E-state index in [2.05, 4.69) is 0 Å². The Kier molecular flexibility index (Phi) is 8.25. The molecule has 7 nitrogen and oxygen atoms in total. The van der Waals surface area contributed by atoms with Crippen LogP contribution in [0.2, 0.25) is 0 Å². The summed E-state index contributed by atoms with van der Waals surface area (Å²) >= 11 is 0. The summed E-state index contributed by atoms with van der Waals surface area (Å²) in [5.41, 5.74) is 12.2. The van der Waals surface area contributed by atoms with Crippen LogP contribution >= 0.6 is 12.4 Å². The molecule has 1 fully saturated rings. The molecule has 0 aliphatic carbocycles. The van der Waals surface area contributed by atoms with Crippen LogP contribution in [0, 0.1) is 0 Å². The normalized spacial score (nSPS) is 14.7. The van der Waals surface area contributed by atoms with E-state index in [4.69, 9.17) is 11.5 Å². The Balaban J connectivity index is 0.00000364. The van der Waals surface area contributed by atoms with Crippen molar-refractivity contribution in [2.45, 2.75) is 57.3 Å². The summed E-state index contributed by atoms with van der Waals surface area (Å²) in [5.74, 6) is -1.48. The largest absolute Gasteiger partial charge is 0.366 e. The van der Waals surface area contributed by atoms with Gasteiger partial charge in [-0.25, -0.2) is 8.42 Å². The van der Waals surface area contributed by atoms with E-state index in [0.717, 1.165) is 12.8 Å². The zero-order chi connectivity index (χ0) is 19.5. The van der Waals surface area contributed by atoms with E-state index in [1.54, 1.807) is 0 Å². The molecule has 0 bridgehead atoms. The standard InChI is InChI=1S/C18H27N3O4S.ClH/c1-3-7-12-14(17(19)22)11-15(13(8-4-2)16(12)18(20)23)26(24,25)21-9-5-6-10-21;/h11H,3-10H2,1-2H3,(H2,19,22)(H2,20,23);1H. The van der Waals surface area contributed by atoms with Crippen LogP contribution in [0.25, 0.3) is 0 Å². The van der Waals surface area contributed by atoms with Gasteiger partial charge in [0.2, 0.25) is 21.8 Å². The van der Waals surface area contributed by atoms with Crippen molar-refractivity contribution < 1.29 is 18.0 Å². The Bertz CT molecular complexity index is 818. The van der Waals surface area contributed by atoms with Crippen molar-refractivity contribution in [2.75, 3.05) is 13.1 Å². The fourth-order valence-corrected chi connectivity index (χ4v) is 5.37. The van der Waals surface area contributed by atoms with Crippen LogP contribution in [-0.2, 0) is 22.9 Å². The fourth-order valence-electron chi connectivity index (χ4n) is 3.57. The molecule has 0 radical (unpaired) electrons. The van der Waals surface area contributed by atoms with Gasteiger partial charge in [-0.1, -0.05) is 26.7 Å². The van der Waals surface area contributed by atoms with Crippen molar-refractivity contribution in [1.82, 2.24) is 4.31 Å². The van der Waals surface area contributed by atoms with Crippen LogP contribution in [0.3, 0.4) is 0 Å². The van der Waals surface area contributed by atoms with Gasteiger partial charge < -0.3 is 11.5 Å². The Hall–Kier alpha value is -1.64. The van der Waals surface area contributed by atoms with Crippen LogP contribution in [-0.4, -0.2) is 37.6 Å². The molecular formula is C18H28ClN3O4S. The number of halogens is 1. The quantitative estimate of drug-likeness (QED) is 0.671. The summed E-state index contributed by atoms with van der Waals surface area (Å²) in [7, 11) is -3.82. The van der Waals surface area contributed by atoms with Crippen LogP contribution in [0.15, 0.2) is 11.0 Å². The molecular weight excluding hydrogens is 390 g/mol. The smallest absolute Gasteiger partial charge is 0.249 e. The average Bonchev–Trinajstić information content (AvgIpc) is 3.10. The van der Waals surface area contributed by atoms with E-state index < -0.39 is 21.8 Å². The van der Waals surface area contributed by atoms with Gasteiger partial charge in [0.05, 0.1) is 4.90 Å². The molecule has 1 aliphatic heterocycles. The third kappa shape index (κ3) is 4.62. The summed E-state index contributed by atoms with van der Waals surface area (Å²) in [6.45, 7) is 4.67. The molecule has 1 aromatic carbocycles. The molecule has 0 saturated carbocycles. The van der Waals surface area contributed by atoms with E-state index in [0.29, 0.717) is 49.9 Å². The molecule has 0 unspecified atom stereocenters. The molecule has 1 aliphatic rings. The predicted octanol–water partition coefficient (Wildman–Crippen LogP) is 2.00. The highest BCUT2D eigenvalue weighted by atomic mass is 35.5. The summed E-state index contributed by atoms with van der Waals surface area (Å²) in [5, 5.41) is 0. The van der Waals surface area contributed by atoms with Crippen molar-refractivity contribution >= 4 is 34.2 Å². The van der Waals surface area contributed by atoms with Crippen molar-refractivity contribution in [1.29, 1.82) is 0 Å². The number of carbonyl (C=O) groups is 2. The predicted molar refractivity (Wildman–Crippen MR) is 107 cm³/mol. The average molecular weight is 418 g/mol. The maximum absolute atomic E-state index is 13.2. The second kappa shape index (κ2) is 9.52. The van der Waals surface area contributed by atoms with Crippen molar-refractivity contribution in [3.8, 4) is 0 Å². The number of hydrogen-bond acceptors (Lipinski definition) is 4. The second-order valence-electron chi connectivity index (χ2n) is 6.59. The Morgan fingerprint density at radius 1 is 1.00 bits per heavy atom. The van der Waals surface area contributed by atoms with Crippen molar-refractivity contribution in [3.05, 3.63) is 28.3 Å². The lowest BCUT2D eigenvalue weighted by molar-refractivity contribution is 0.0998. The van der Waals surface area contributed by atoms with E-state index in [1.807, 2.05) is 13.8 Å². The minimum Gasteiger partial charge on any atom is -0.366 e. The molecule has 0 spiro atoms. The van der Waals surface area contributed by atoms with E-state index in [1.165, 1.54) is 10.4 Å². The number of nitrogens with zero attached hydrogens (tertiary/aromatic N) is 1. The van der Waals surface area contributed by atoms with Crippen LogP contribution in [0.4, 0.5) is 0 Å². The monoisotopic (exact) mass is 417 g/mol. The number of amides is 2. The second-order valence-corrected chi connectivity index (χ2v) is 8.50. The zero-order valence-electron chi connectivity index (χ0n) is 15.8. The van der Waals surface area contributed by atoms with Gasteiger partial charge in [-0.05, 0) is 42.9 Å². The Morgan fingerprint density at radius 2 is 1.52 bits per heavy atom. The highest BCUT2D eigenvalue weighted by Gasteiger charge is 2.33. The van der Waals surface area contributed by atoms with Crippen LogP contribution < -0.4 is 11.5 Å². The van der Waals surface area contributed by atoms with E-state index in [9.17, 15) is 18.0 Å². The highest BCUT2D eigenvalue weighted by molar-refractivity contribution is 7.89. The molecule has 4 N–H and O–H groups in total. The van der Waals surface area contributed by atoms with Crippen LogP contribution in [0.1, 0.15) is 71.4 Å². The summed E-state index contributed by atoms with van der Waals surface area (Å²) < 4.78 is 27.7. The molecule has 1 aromatic rings. The molecule has 1 saturated heterocycles. The third-order valence-corrected chi connectivity index (χ3v) is 6.66. The number of nitrogens with two attached hydrogens (primary N) is 2. The SMILES string of the molecule is CCCc1c(C(N)=O)cc(S(=O)(=O)N2CCCC2)c(CCC)c1C(N)=O.Cl. The molecule has 1 heterocycles. The van der Waals surface area contributed by atoms with Gasteiger partial charge in [0.1, 0.15) is 0 Å². The number of carbonyl (C=O) groups excluding carboxylic acids is 2. The lowest BCUT2D eigenvalue weighted by Gasteiger charge is -2.23. The van der Waals surface area contributed by atoms with Gasteiger partial charge in [-0.2, -0.15) is 4.31 Å². The lowest BCUT2D eigenvalue weighted by Crippen LogP contribution is -2.31. The molecule has 0 atom stereocenters. The maximum Gasteiger partial charge on any atom is 0.249 e. The van der Waals surface area contributed by atoms with Gasteiger partial charge in [0.25, 0.3) is 0 Å². The first-order valence-electron chi connectivity index (χ1n) is 9.04. The highest BCUT2D eigenvalue weighted by Crippen LogP contribution is 2.32. The van der Waals surface area contributed by atoms with Gasteiger partial charge in [-0.15, -0.1) is 12.4 Å². The number of hydrogen-bond donors (Lipinski definition) is 2. The minimum atomic E-state index is -3.82. The first-order valence-corrected chi connectivity index (χ1v) is 10.5. The number of sulfonamides is 1. The molecule has 9 heteroatoms. The molecule has 2 rings (SSSR count). The first-order chi connectivity index (χ1) is 12.3. The maximum atomic E-state index is 13.2. The Morgan fingerprint density at radius 3 is 1.96 bits per heavy atom. The third-order valence-electron chi connectivity index (χ3n) is 4.70. The van der Waals surface area contributed by atoms with Crippen molar-refractivity contribution in [2.24, 2.45) is 11.5 Å². The fraction of sp³-hybridized carbons (Fsp3) is 0.556. The summed E-state index contributed by atoms with van der Waals surface area (Å²) in [4.78, 5) is 24.2. The number of primary amides is 2. The number of rotatable bonds is 8. The van der Waals surface area contributed by atoms with Gasteiger partial charge in [-0.3, -0.25) is 9.59 Å². The molecule has 2 amide bonds. The first kappa shape index (κ1) is 23.4. The van der Waals surface area contributed by atoms with E-state index >= 15 is 0 Å². The van der Waals surface area contributed by atoms with Gasteiger partial charge in [0, 0.05) is 24.2 Å². The molecule has 152 valence electrons. The van der Waals surface area contributed by atoms with E-state index in [-0.39, 0.29) is 28.4 Å². The zero-order valence-corrected chi connectivity index (χ0v) is 17.4. The summed E-state index contributed by atoms with van der Waals surface area (Å²) in [6.07, 6.45) is 3.71. The Labute approximate surface area is 166 Å². The minimum absolute atomic E-state index is 0. The van der Waals surface area contributed by atoms with Gasteiger partial charge >= 0.3 is 0 Å². The molecule has 27 heavy (non-hydrogen) atoms. The van der Waals surface area contributed by atoms with Gasteiger partial charge in [0.15, 0.2) is 0 Å². The van der Waals surface area contributed by atoms with Crippen LogP contribution in [0.5, 0.6) is 0 Å². The summed E-state index contributed by atoms with van der Waals surface area (Å²) in [6, 6.07) is 1.35. The molecule has 0 aromatic heterocycles. The number of benzene rings is 1. The van der Waals surface area contributed by atoms with Crippen molar-refractivity contribution in [3.63, 3.8) is 0 Å².